The van der Waals surface area contributed by atoms with E-state index in [0.29, 0.717) is 12.5 Å². The first kappa shape index (κ1) is 16.7. The fourth-order valence-corrected chi connectivity index (χ4v) is 2.35. The van der Waals surface area contributed by atoms with Crippen molar-refractivity contribution in [3.8, 4) is 0 Å². The van der Waals surface area contributed by atoms with Gasteiger partial charge in [-0.05, 0) is 38.8 Å². The molecule has 1 unspecified atom stereocenters. The van der Waals surface area contributed by atoms with Crippen molar-refractivity contribution in [2.75, 3.05) is 39.4 Å². The van der Waals surface area contributed by atoms with Crippen molar-refractivity contribution in [2.24, 2.45) is 0 Å². The maximum atomic E-state index is 11.9. The number of ether oxygens (including phenoxy) is 1. The monoisotopic (exact) mass is 282 g/mol. The van der Waals surface area contributed by atoms with E-state index in [9.17, 15) is 13.2 Å². The van der Waals surface area contributed by atoms with Crippen LogP contribution in [-0.4, -0.2) is 56.5 Å². The number of nitrogens with zero attached hydrogens (tertiary/aromatic N) is 1. The lowest BCUT2D eigenvalue weighted by Gasteiger charge is -2.33. The second-order valence-electron chi connectivity index (χ2n) is 5.12. The zero-order valence-corrected chi connectivity index (χ0v) is 11.6. The Balaban J connectivity index is 2.05. The number of piperidine rings is 1. The predicted octanol–water partition coefficient (Wildman–Crippen LogP) is 2.42. The second-order valence-corrected chi connectivity index (χ2v) is 5.12. The van der Waals surface area contributed by atoms with Gasteiger partial charge >= 0.3 is 6.18 Å². The van der Waals surface area contributed by atoms with E-state index in [-0.39, 0.29) is 6.61 Å². The molecule has 0 bridgehead atoms. The summed E-state index contributed by atoms with van der Waals surface area (Å²) in [5, 5.41) is 3.50. The molecule has 0 amide bonds. The minimum Gasteiger partial charge on any atom is -0.372 e. The molecule has 1 aliphatic rings. The van der Waals surface area contributed by atoms with Gasteiger partial charge in [0.25, 0.3) is 0 Å². The number of rotatable bonds is 8. The van der Waals surface area contributed by atoms with Crippen molar-refractivity contribution in [2.45, 2.75) is 44.8 Å². The van der Waals surface area contributed by atoms with Crippen LogP contribution in [0, 0.1) is 0 Å². The van der Waals surface area contributed by atoms with Crippen LogP contribution in [0.3, 0.4) is 0 Å². The molecule has 0 aromatic heterocycles. The van der Waals surface area contributed by atoms with E-state index < -0.39 is 12.8 Å². The maximum Gasteiger partial charge on any atom is 0.411 e. The molecule has 19 heavy (non-hydrogen) atoms. The Morgan fingerprint density at radius 2 is 2.16 bits per heavy atom. The predicted molar refractivity (Wildman–Crippen MR) is 69.2 cm³/mol. The SMILES string of the molecule is CCCNC1CCCN(CCCOCC(F)(F)F)C1. The first-order valence-corrected chi connectivity index (χ1v) is 7.11. The largest absolute Gasteiger partial charge is 0.411 e. The lowest BCUT2D eigenvalue weighted by molar-refractivity contribution is -0.174. The van der Waals surface area contributed by atoms with Crippen molar-refractivity contribution in [3.05, 3.63) is 0 Å². The lowest BCUT2D eigenvalue weighted by atomic mass is 10.1. The highest BCUT2D eigenvalue weighted by Crippen LogP contribution is 2.15. The van der Waals surface area contributed by atoms with Crippen LogP contribution in [0.2, 0.25) is 0 Å². The van der Waals surface area contributed by atoms with Gasteiger partial charge in [0, 0.05) is 25.7 Å². The summed E-state index contributed by atoms with van der Waals surface area (Å²) in [4.78, 5) is 2.31. The fourth-order valence-electron chi connectivity index (χ4n) is 2.35. The first-order valence-electron chi connectivity index (χ1n) is 7.11. The summed E-state index contributed by atoms with van der Waals surface area (Å²) in [6.07, 6.45) is -0.0650. The molecule has 114 valence electrons. The van der Waals surface area contributed by atoms with Gasteiger partial charge < -0.3 is 15.0 Å². The van der Waals surface area contributed by atoms with Crippen LogP contribution in [-0.2, 0) is 4.74 Å². The van der Waals surface area contributed by atoms with Crippen LogP contribution in [0.25, 0.3) is 0 Å². The van der Waals surface area contributed by atoms with E-state index in [1.807, 2.05) is 0 Å². The molecule has 1 saturated heterocycles. The van der Waals surface area contributed by atoms with Crippen LogP contribution < -0.4 is 5.32 Å². The molecule has 1 N–H and O–H groups in total. The standard InChI is InChI=1S/C13H25F3N2O/c1-2-6-17-12-5-3-7-18(10-12)8-4-9-19-11-13(14,15)16/h12,17H,2-11H2,1H3. The number of hydrogen-bond donors (Lipinski definition) is 1. The summed E-state index contributed by atoms with van der Waals surface area (Å²) in [7, 11) is 0. The third-order valence-electron chi connectivity index (χ3n) is 3.22. The van der Waals surface area contributed by atoms with E-state index in [2.05, 4.69) is 21.9 Å². The molecule has 1 heterocycles. The minimum atomic E-state index is -4.21. The Hall–Kier alpha value is -0.330. The lowest BCUT2D eigenvalue weighted by Crippen LogP contribution is -2.46. The Morgan fingerprint density at radius 3 is 2.84 bits per heavy atom. The number of halogens is 3. The van der Waals surface area contributed by atoms with Gasteiger partial charge in [0.05, 0.1) is 0 Å². The first-order chi connectivity index (χ1) is 9.01. The molecule has 0 saturated carbocycles. The molecule has 6 heteroatoms. The van der Waals surface area contributed by atoms with Crippen LogP contribution in [0.1, 0.15) is 32.6 Å². The highest BCUT2D eigenvalue weighted by Gasteiger charge is 2.27. The average molecular weight is 282 g/mol. The van der Waals surface area contributed by atoms with Crippen LogP contribution in [0.15, 0.2) is 0 Å². The summed E-state index contributed by atoms with van der Waals surface area (Å²) >= 11 is 0. The Morgan fingerprint density at radius 1 is 1.37 bits per heavy atom. The van der Waals surface area contributed by atoms with Crippen LogP contribution in [0.4, 0.5) is 13.2 Å². The summed E-state index contributed by atoms with van der Waals surface area (Å²) < 4.78 is 40.2. The van der Waals surface area contributed by atoms with Crippen molar-refractivity contribution in [1.29, 1.82) is 0 Å². The molecule has 1 aliphatic heterocycles. The molecular weight excluding hydrogens is 257 g/mol. The third kappa shape index (κ3) is 8.44. The summed E-state index contributed by atoms with van der Waals surface area (Å²) in [6.45, 7) is 5.10. The number of nitrogens with one attached hydrogen (secondary N) is 1. The van der Waals surface area contributed by atoms with Gasteiger partial charge in [0.15, 0.2) is 0 Å². The van der Waals surface area contributed by atoms with Crippen LogP contribution in [0.5, 0.6) is 0 Å². The molecule has 3 nitrogen and oxygen atoms in total. The molecule has 1 rings (SSSR count). The van der Waals surface area contributed by atoms with Gasteiger partial charge in [-0.1, -0.05) is 6.92 Å². The van der Waals surface area contributed by atoms with E-state index >= 15 is 0 Å². The van der Waals surface area contributed by atoms with E-state index in [4.69, 9.17) is 0 Å². The van der Waals surface area contributed by atoms with Crippen molar-refractivity contribution >= 4 is 0 Å². The normalized spacial score (nSPS) is 21.8. The number of likely N-dealkylation sites (tertiary alicyclic amines) is 1. The quantitative estimate of drug-likeness (QED) is 0.692. The topological polar surface area (TPSA) is 24.5 Å². The zero-order chi connectivity index (χ0) is 14.1. The van der Waals surface area contributed by atoms with Crippen molar-refractivity contribution in [3.63, 3.8) is 0 Å². The molecule has 0 aliphatic carbocycles. The summed E-state index contributed by atoms with van der Waals surface area (Å²) in [5.41, 5.74) is 0. The highest BCUT2D eigenvalue weighted by atomic mass is 19.4. The molecule has 1 fully saturated rings. The minimum absolute atomic E-state index is 0.184. The molecule has 0 aromatic carbocycles. The zero-order valence-electron chi connectivity index (χ0n) is 11.6. The Labute approximate surface area is 113 Å². The molecule has 1 atom stereocenters. The van der Waals surface area contributed by atoms with E-state index in [1.54, 1.807) is 0 Å². The van der Waals surface area contributed by atoms with Gasteiger partial charge in [-0.25, -0.2) is 0 Å². The Kier molecular flexibility index (Phi) is 7.71. The van der Waals surface area contributed by atoms with Crippen molar-refractivity contribution in [1.82, 2.24) is 10.2 Å². The van der Waals surface area contributed by atoms with Gasteiger partial charge in [0.1, 0.15) is 6.61 Å². The van der Waals surface area contributed by atoms with E-state index in [0.717, 1.165) is 39.0 Å². The number of hydrogen-bond acceptors (Lipinski definition) is 3. The van der Waals surface area contributed by atoms with Gasteiger partial charge in [-0.3, -0.25) is 0 Å². The van der Waals surface area contributed by atoms with Crippen molar-refractivity contribution < 1.29 is 17.9 Å². The maximum absolute atomic E-state index is 11.9. The summed E-state index contributed by atoms with van der Waals surface area (Å²) in [6, 6.07) is 0.532. The van der Waals surface area contributed by atoms with Crippen LogP contribution >= 0.6 is 0 Å². The van der Waals surface area contributed by atoms with Gasteiger partial charge in [-0.2, -0.15) is 13.2 Å². The number of alkyl halides is 3. The Bertz CT molecular complexity index is 236. The second kappa shape index (κ2) is 8.76. The van der Waals surface area contributed by atoms with E-state index in [1.165, 1.54) is 6.42 Å². The molecular formula is C13H25F3N2O. The smallest absolute Gasteiger partial charge is 0.372 e. The fraction of sp³-hybridized carbons (Fsp3) is 1.00. The van der Waals surface area contributed by atoms with Gasteiger partial charge in [0.2, 0.25) is 0 Å². The molecule has 0 radical (unpaired) electrons. The average Bonchev–Trinajstić information content (AvgIpc) is 2.35. The molecule has 0 spiro atoms. The molecule has 0 aromatic rings. The highest BCUT2D eigenvalue weighted by molar-refractivity contribution is 4.77. The summed E-state index contributed by atoms with van der Waals surface area (Å²) in [5.74, 6) is 0. The van der Waals surface area contributed by atoms with Gasteiger partial charge in [-0.15, -0.1) is 0 Å². The third-order valence-corrected chi connectivity index (χ3v) is 3.22.